The molecule has 24 heavy (non-hydrogen) atoms. The van der Waals surface area contributed by atoms with Crippen LogP contribution in [0, 0.1) is 0 Å². The summed E-state index contributed by atoms with van der Waals surface area (Å²) in [6.07, 6.45) is 1.90. The largest absolute Gasteiger partial charge is 0.326 e. The fraction of sp³-hybridized carbons (Fsp3) is 0.333. The summed E-state index contributed by atoms with van der Waals surface area (Å²) >= 11 is 0. The Hall–Kier alpha value is -2.42. The Morgan fingerprint density at radius 3 is 2.12 bits per heavy atom. The lowest BCUT2D eigenvalue weighted by atomic mass is 9.93. The molecule has 0 unspecified atom stereocenters. The molecular formula is C21H25N3. The van der Waals surface area contributed by atoms with Crippen molar-refractivity contribution in [2.24, 2.45) is 12.0 Å². The minimum atomic E-state index is 0.441. The monoisotopic (exact) mass is 319 g/mol. The van der Waals surface area contributed by atoms with Crippen molar-refractivity contribution in [2.75, 3.05) is 0 Å². The van der Waals surface area contributed by atoms with Gasteiger partial charge in [-0.3, -0.25) is 4.99 Å². The van der Waals surface area contributed by atoms with E-state index >= 15 is 0 Å². The maximum absolute atomic E-state index is 4.87. The minimum Gasteiger partial charge on any atom is -0.326 e. The van der Waals surface area contributed by atoms with E-state index in [0.29, 0.717) is 11.8 Å². The molecule has 1 heterocycles. The molecule has 0 radical (unpaired) electrons. The summed E-state index contributed by atoms with van der Waals surface area (Å²) in [7, 11) is 2.04. The van der Waals surface area contributed by atoms with Gasteiger partial charge in [-0.25, -0.2) is 4.98 Å². The number of nitrogens with zero attached hydrogens (tertiary/aromatic N) is 3. The molecule has 0 atom stereocenters. The normalized spacial score (nSPS) is 12.1. The van der Waals surface area contributed by atoms with Crippen LogP contribution in [-0.2, 0) is 7.05 Å². The van der Waals surface area contributed by atoms with Gasteiger partial charge in [0.25, 0.3) is 0 Å². The molecule has 0 amide bonds. The summed E-state index contributed by atoms with van der Waals surface area (Å²) in [6, 6.07) is 14.7. The molecule has 1 aromatic heterocycles. The van der Waals surface area contributed by atoms with Gasteiger partial charge in [0.1, 0.15) is 0 Å². The summed E-state index contributed by atoms with van der Waals surface area (Å²) in [6.45, 7) is 8.86. The topological polar surface area (TPSA) is 30.2 Å². The van der Waals surface area contributed by atoms with Gasteiger partial charge in [0.2, 0.25) is 0 Å². The van der Waals surface area contributed by atoms with Crippen molar-refractivity contribution in [2.45, 2.75) is 39.5 Å². The molecule has 3 nitrogen and oxygen atoms in total. The zero-order valence-electron chi connectivity index (χ0n) is 15.1. The number of aryl methyl sites for hydroxylation is 1. The van der Waals surface area contributed by atoms with E-state index in [9.17, 15) is 0 Å². The number of imidazole rings is 1. The summed E-state index contributed by atoms with van der Waals surface area (Å²) in [5.41, 5.74) is 5.80. The van der Waals surface area contributed by atoms with E-state index in [1.807, 2.05) is 31.5 Å². The molecule has 3 aromatic rings. The van der Waals surface area contributed by atoms with Crippen LogP contribution in [0.15, 0.2) is 47.5 Å². The van der Waals surface area contributed by atoms with E-state index < -0.39 is 0 Å². The number of rotatable bonds is 4. The van der Waals surface area contributed by atoms with Crippen LogP contribution in [0.1, 0.15) is 56.5 Å². The van der Waals surface area contributed by atoms with Crippen LogP contribution >= 0.6 is 0 Å². The number of aromatic nitrogens is 2. The fourth-order valence-corrected chi connectivity index (χ4v) is 3.06. The van der Waals surface area contributed by atoms with Crippen LogP contribution in [0.3, 0.4) is 0 Å². The van der Waals surface area contributed by atoms with Crippen LogP contribution in [0.25, 0.3) is 11.0 Å². The number of fused-ring (bicyclic) bond motifs is 1. The SMILES string of the molecule is CC(C)c1cccc(C(C)C)c1N=Cc1nc2ccccc2n1C. The lowest BCUT2D eigenvalue weighted by Crippen LogP contribution is -1.98. The highest BCUT2D eigenvalue weighted by atomic mass is 15.1. The van der Waals surface area contributed by atoms with Gasteiger partial charge in [0.15, 0.2) is 5.82 Å². The summed E-state index contributed by atoms with van der Waals surface area (Å²) in [4.78, 5) is 9.56. The smallest absolute Gasteiger partial charge is 0.152 e. The van der Waals surface area contributed by atoms with Gasteiger partial charge in [-0.05, 0) is 35.1 Å². The first-order chi connectivity index (χ1) is 11.5. The molecule has 0 fully saturated rings. The van der Waals surface area contributed by atoms with Crippen LogP contribution in [-0.4, -0.2) is 15.8 Å². The van der Waals surface area contributed by atoms with Gasteiger partial charge in [-0.15, -0.1) is 0 Å². The lowest BCUT2D eigenvalue weighted by molar-refractivity contribution is 0.834. The van der Waals surface area contributed by atoms with Crippen molar-refractivity contribution in [1.29, 1.82) is 0 Å². The molecule has 124 valence electrons. The first-order valence-electron chi connectivity index (χ1n) is 8.57. The van der Waals surface area contributed by atoms with Crippen molar-refractivity contribution in [1.82, 2.24) is 9.55 Å². The third-order valence-corrected chi connectivity index (χ3v) is 4.47. The number of hydrogen-bond acceptors (Lipinski definition) is 2. The third kappa shape index (κ3) is 2.99. The second-order valence-electron chi connectivity index (χ2n) is 6.87. The van der Waals surface area contributed by atoms with E-state index in [0.717, 1.165) is 22.5 Å². The first-order valence-corrected chi connectivity index (χ1v) is 8.57. The average molecular weight is 319 g/mol. The summed E-state index contributed by atoms with van der Waals surface area (Å²) in [5.74, 6) is 1.76. The lowest BCUT2D eigenvalue weighted by Gasteiger charge is -2.16. The number of para-hydroxylation sites is 3. The molecule has 2 aromatic carbocycles. The van der Waals surface area contributed by atoms with Crippen molar-refractivity contribution in [3.8, 4) is 0 Å². The Labute approximate surface area is 144 Å². The Balaban J connectivity index is 2.09. The Kier molecular flexibility index (Phi) is 4.52. The zero-order chi connectivity index (χ0) is 17.3. The highest BCUT2D eigenvalue weighted by molar-refractivity contribution is 5.86. The van der Waals surface area contributed by atoms with Crippen molar-refractivity contribution in [3.63, 3.8) is 0 Å². The number of benzene rings is 2. The fourth-order valence-electron chi connectivity index (χ4n) is 3.06. The molecule has 0 saturated carbocycles. The number of hydrogen-bond donors (Lipinski definition) is 0. The molecule has 0 saturated heterocycles. The van der Waals surface area contributed by atoms with E-state index in [4.69, 9.17) is 9.98 Å². The van der Waals surface area contributed by atoms with E-state index in [-0.39, 0.29) is 0 Å². The van der Waals surface area contributed by atoms with E-state index in [1.54, 1.807) is 0 Å². The molecule has 0 aliphatic carbocycles. The Morgan fingerprint density at radius 2 is 1.54 bits per heavy atom. The van der Waals surface area contributed by atoms with Crippen molar-refractivity contribution >= 4 is 22.9 Å². The molecule has 0 aliphatic heterocycles. The Morgan fingerprint density at radius 1 is 0.917 bits per heavy atom. The Bertz CT molecular complexity index is 859. The predicted molar refractivity (Wildman–Crippen MR) is 103 cm³/mol. The van der Waals surface area contributed by atoms with Crippen LogP contribution < -0.4 is 0 Å². The minimum absolute atomic E-state index is 0.441. The number of aliphatic imine (C=N–C) groups is 1. The van der Waals surface area contributed by atoms with Gasteiger partial charge in [0, 0.05) is 7.05 Å². The van der Waals surface area contributed by atoms with Gasteiger partial charge in [-0.1, -0.05) is 58.0 Å². The van der Waals surface area contributed by atoms with Crippen LogP contribution in [0.2, 0.25) is 0 Å². The maximum Gasteiger partial charge on any atom is 0.152 e. The molecule has 3 heteroatoms. The van der Waals surface area contributed by atoms with Gasteiger partial charge in [-0.2, -0.15) is 0 Å². The highest BCUT2D eigenvalue weighted by Gasteiger charge is 2.13. The molecule has 0 bridgehead atoms. The van der Waals surface area contributed by atoms with Crippen molar-refractivity contribution < 1.29 is 0 Å². The molecule has 0 aliphatic rings. The van der Waals surface area contributed by atoms with E-state index in [2.05, 4.69) is 56.5 Å². The zero-order valence-corrected chi connectivity index (χ0v) is 15.1. The standard InChI is InChI=1S/C21H25N3/c1-14(2)16-9-8-10-17(15(3)4)21(16)22-13-20-23-18-11-6-7-12-19(18)24(20)5/h6-15H,1-5H3. The summed E-state index contributed by atoms with van der Waals surface area (Å²) in [5, 5.41) is 0. The van der Waals surface area contributed by atoms with Crippen LogP contribution in [0.4, 0.5) is 5.69 Å². The quantitative estimate of drug-likeness (QED) is 0.578. The second-order valence-corrected chi connectivity index (χ2v) is 6.87. The third-order valence-electron chi connectivity index (χ3n) is 4.47. The first kappa shape index (κ1) is 16.4. The maximum atomic E-state index is 4.87. The summed E-state index contributed by atoms with van der Waals surface area (Å²) < 4.78 is 2.09. The van der Waals surface area contributed by atoms with E-state index in [1.165, 1.54) is 11.1 Å². The van der Waals surface area contributed by atoms with Gasteiger partial charge >= 0.3 is 0 Å². The van der Waals surface area contributed by atoms with Gasteiger partial charge < -0.3 is 4.57 Å². The highest BCUT2D eigenvalue weighted by Crippen LogP contribution is 2.34. The van der Waals surface area contributed by atoms with Gasteiger partial charge in [0.05, 0.1) is 22.9 Å². The molecule has 0 spiro atoms. The second kappa shape index (κ2) is 6.60. The molecule has 3 rings (SSSR count). The average Bonchev–Trinajstić information content (AvgIpc) is 2.89. The predicted octanol–water partition coefficient (Wildman–Crippen LogP) is 5.57. The molecule has 0 N–H and O–H groups in total. The van der Waals surface area contributed by atoms with Crippen LogP contribution in [0.5, 0.6) is 0 Å². The van der Waals surface area contributed by atoms with Crippen molar-refractivity contribution in [3.05, 3.63) is 59.4 Å². The molecular weight excluding hydrogens is 294 g/mol.